The Morgan fingerprint density at radius 3 is 2.96 bits per heavy atom. The lowest BCUT2D eigenvalue weighted by Gasteiger charge is -2.25. The highest BCUT2D eigenvalue weighted by atomic mass is 35.5. The molecular formula is C16H21ClN4O2. The van der Waals surface area contributed by atoms with E-state index in [9.17, 15) is 4.79 Å². The predicted molar refractivity (Wildman–Crippen MR) is 88.6 cm³/mol. The SMILES string of the molecule is CC(C)(C)OC(=O)N[C@H]1CCC[C@@H]1n1ccc2cnc(Cl)nc21. The monoisotopic (exact) mass is 336 g/mol. The first-order valence-electron chi connectivity index (χ1n) is 7.82. The molecule has 23 heavy (non-hydrogen) atoms. The molecule has 2 heterocycles. The van der Waals surface area contributed by atoms with Crippen molar-refractivity contribution in [3.05, 3.63) is 23.7 Å². The summed E-state index contributed by atoms with van der Waals surface area (Å²) in [5, 5.41) is 4.17. The first kappa shape index (κ1) is 16.1. The van der Waals surface area contributed by atoms with Crippen LogP contribution in [0.15, 0.2) is 18.5 Å². The van der Waals surface area contributed by atoms with Gasteiger partial charge in [0.05, 0.1) is 12.1 Å². The van der Waals surface area contributed by atoms with Crippen LogP contribution < -0.4 is 5.32 Å². The van der Waals surface area contributed by atoms with Crippen molar-refractivity contribution in [1.29, 1.82) is 0 Å². The molecule has 0 aliphatic heterocycles. The molecule has 2 aromatic rings. The van der Waals surface area contributed by atoms with Crippen LogP contribution in [0, 0.1) is 0 Å². The third-order valence-electron chi connectivity index (χ3n) is 3.96. The number of rotatable bonds is 2. The van der Waals surface area contributed by atoms with Crippen LogP contribution in [0.4, 0.5) is 4.79 Å². The highest BCUT2D eigenvalue weighted by Gasteiger charge is 2.32. The molecule has 0 bridgehead atoms. The summed E-state index contributed by atoms with van der Waals surface area (Å²) in [7, 11) is 0. The molecule has 0 aromatic carbocycles. The number of carbonyl (C=O) groups excluding carboxylic acids is 1. The van der Waals surface area contributed by atoms with Crippen molar-refractivity contribution in [2.24, 2.45) is 0 Å². The van der Waals surface area contributed by atoms with Gasteiger partial charge in [0.1, 0.15) is 11.2 Å². The van der Waals surface area contributed by atoms with Crippen LogP contribution in [0.5, 0.6) is 0 Å². The second kappa shape index (κ2) is 6.00. The van der Waals surface area contributed by atoms with Crippen molar-refractivity contribution in [3.63, 3.8) is 0 Å². The van der Waals surface area contributed by atoms with Gasteiger partial charge in [0.15, 0.2) is 0 Å². The van der Waals surface area contributed by atoms with E-state index in [-0.39, 0.29) is 23.5 Å². The Hall–Kier alpha value is -1.82. The molecule has 0 radical (unpaired) electrons. The Balaban J connectivity index is 1.81. The zero-order chi connectivity index (χ0) is 16.6. The van der Waals surface area contributed by atoms with Crippen LogP contribution in [-0.4, -0.2) is 32.3 Å². The van der Waals surface area contributed by atoms with E-state index in [1.165, 1.54) is 0 Å². The summed E-state index contributed by atoms with van der Waals surface area (Å²) >= 11 is 5.92. The molecule has 2 aromatic heterocycles. The van der Waals surface area contributed by atoms with Crippen molar-refractivity contribution in [3.8, 4) is 0 Å². The maximum absolute atomic E-state index is 12.1. The van der Waals surface area contributed by atoms with Crippen LogP contribution in [0.25, 0.3) is 11.0 Å². The Morgan fingerprint density at radius 1 is 1.43 bits per heavy atom. The highest BCUT2D eigenvalue weighted by Crippen LogP contribution is 2.33. The van der Waals surface area contributed by atoms with Gasteiger partial charge in [0.2, 0.25) is 5.28 Å². The number of aromatic nitrogens is 3. The lowest BCUT2D eigenvalue weighted by atomic mass is 10.1. The molecule has 7 heteroatoms. The summed E-state index contributed by atoms with van der Waals surface area (Å²) in [6, 6.07) is 2.13. The maximum Gasteiger partial charge on any atom is 0.407 e. The Labute approximate surface area is 140 Å². The number of alkyl carbamates (subject to hydrolysis) is 1. The number of nitrogens with one attached hydrogen (secondary N) is 1. The van der Waals surface area contributed by atoms with Crippen LogP contribution in [0.2, 0.25) is 5.28 Å². The number of nitrogens with zero attached hydrogens (tertiary/aromatic N) is 3. The third-order valence-corrected chi connectivity index (χ3v) is 4.15. The van der Waals surface area contributed by atoms with E-state index in [0.717, 1.165) is 30.3 Å². The van der Waals surface area contributed by atoms with Gasteiger partial charge in [0.25, 0.3) is 0 Å². The summed E-state index contributed by atoms with van der Waals surface area (Å²) in [5.74, 6) is 0. The molecule has 1 fully saturated rings. The van der Waals surface area contributed by atoms with Crippen LogP contribution in [-0.2, 0) is 4.74 Å². The molecule has 1 N–H and O–H groups in total. The summed E-state index contributed by atoms with van der Waals surface area (Å²) in [6.07, 6.45) is 6.26. The van der Waals surface area contributed by atoms with Gasteiger partial charge in [-0.1, -0.05) is 0 Å². The van der Waals surface area contributed by atoms with Crippen molar-refractivity contribution in [1.82, 2.24) is 19.9 Å². The number of halogens is 1. The van der Waals surface area contributed by atoms with Crippen molar-refractivity contribution >= 4 is 28.7 Å². The van der Waals surface area contributed by atoms with E-state index >= 15 is 0 Å². The van der Waals surface area contributed by atoms with Crippen LogP contribution in [0.1, 0.15) is 46.1 Å². The molecular weight excluding hydrogens is 316 g/mol. The van der Waals surface area contributed by atoms with Gasteiger partial charge in [-0.3, -0.25) is 0 Å². The smallest absolute Gasteiger partial charge is 0.407 e. The zero-order valence-corrected chi connectivity index (χ0v) is 14.3. The van der Waals surface area contributed by atoms with Gasteiger partial charge in [-0.05, 0) is 57.7 Å². The fraction of sp³-hybridized carbons (Fsp3) is 0.562. The summed E-state index contributed by atoms with van der Waals surface area (Å²) in [4.78, 5) is 20.4. The largest absolute Gasteiger partial charge is 0.444 e. The Kier molecular flexibility index (Phi) is 4.19. The van der Waals surface area contributed by atoms with Crippen molar-refractivity contribution < 1.29 is 9.53 Å². The van der Waals surface area contributed by atoms with Gasteiger partial charge in [-0.25, -0.2) is 9.78 Å². The number of fused-ring (bicyclic) bond motifs is 1. The zero-order valence-electron chi connectivity index (χ0n) is 13.5. The molecule has 6 nitrogen and oxygen atoms in total. The average Bonchev–Trinajstić information content (AvgIpc) is 3.02. The second-order valence-corrected chi connectivity index (χ2v) is 7.23. The van der Waals surface area contributed by atoms with E-state index in [2.05, 4.69) is 19.9 Å². The van der Waals surface area contributed by atoms with Crippen molar-refractivity contribution in [2.45, 2.75) is 57.7 Å². The molecule has 1 aliphatic rings. The first-order chi connectivity index (χ1) is 10.8. The summed E-state index contributed by atoms with van der Waals surface area (Å²) < 4.78 is 7.45. The number of ether oxygens (including phenoxy) is 1. The van der Waals surface area contributed by atoms with Gasteiger partial charge in [-0.15, -0.1) is 0 Å². The fourth-order valence-electron chi connectivity index (χ4n) is 3.09. The molecule has 0 saturated heterocycles. The van der Waals surface area contributed by atoms with Gasteiger partial charge in [0, 0.05) is 17.8 Å². The minimum atomic E-state index is -0.501. The first-order valence-corrected chi connectivity index (χ1v) is 8.20. The Morgan fingerprint density at radius 2 is 2.22 bits per heavy atom. The number of hydrogen-bond donors (Lipinski definition) is 1. The molecule has 3 rings (SSSR count). The molecule has 0 spiro atoms. The number of amides is 1. The maximum atomic E-state index is 12.1. The summed E-state index contributed by atoms with van der Waals surface area (Å²) in [6.45, 7) is 5.57. The van der Waals surface area contributed by atoms with E-state index in [1.54, 1.807) is 6.20 Å². The van der Waals surface area contributed by atoms with Gasteiger partial charge >= 0.3 is 6.09 Å². The van der Waals surface area contributed by atoms with Crippen molar-refractivity contribution in [2.75, 3.05) is 0 Å². The van der Waals surface area contributed by atoms with E-state index in [1.807, 2.05) is 33.0 Å². The van der Waals surface area contributed by atoms with E-state index < -0.39 is 5.60 Å². The normalized spacial score (nSPS) is 21.6. The van der Waals surface area contributed by atoms with Gasteiger partial charge in [-0.2, -0.15) is 4.98 Å². The topological polar surface area (TPSA) is 69.0 Å². The molecule has 1 saturated carbocycles. The Bertz CT molecular complexity index is 722. The minimum absolute atomic E-state index is 0.0224. The molecule has 2 atom stereocenters. The molecule has 1 aliphatic carbocycles. The standard InChI is InChI=1S/C16H21ClN4O2/c1-16(2,3)23-15(22)19-11-5-4-6-12(11)21-8-7-10-9-18-14(17)20-13(10)21/h7-9,11-12H,4-6H2,1-3H3,(H,19,22)/t11-,12-/m0/s1. The molecule has 124 valence electrons. The highest BCUT2D eigenvalue weighted by molar-refractivity contribution is 6.28. The van der Waals surface area contributed by atoms with Gasteiger partial charge < -0.3 is 14.6 Å². The number of hydrogen-bond acceptors (Lipinski definition) is 4. The fourth-order valence-corrected chi connectivity index (χ4v) is 3.21. The lowest BCUT2D eigenvalue weighted by Crippen LogP contribution is -2.41. The molecule has 0 unspecified atom stereocenters. The average molecular weight is 337 g/mol. The lowest BCUT2D eigenvalue weighted by molar-refractivity contribution is 0.0495. The third kappa shape index (κ3) is 3.58. The van der Waals surface area contributed by atoms with Crippen LogP contribution in [0.3, 0.4) is 0 Å². The van der Waals surface area contributed by atoms with E-state index in [4.69, 9.17) is 16.3 Å². The van der Waals surface area contributed by atoms with E-state index in [0.29, 0.717) is 0 Å². The van der Waals surface area contributed by atoms with Crippen LogP contribution >= 0.6 is 11.6 Å². The second-order valence-electron chi connectivity index (χ2n) is 6.89. The molecule has 1 amide bonds. The summed E-state index contributed by atoms with van der Waals surface area (Å²) in [5.41, 5.74) is 0.298. The quantitative estimate of drug-likeness (QED) is 0.849. The predicted octanol–water partition coefficient (Wildman–Crippen LogP) is 3.70. The number of carbonyl (C=O) groups is 1. The minimum Gasteiger partial charge on any atom is -0.444 e.